The normalized spacial score (nSPS) is 24.0. The third-order valence-corrected chi connectivity index (χ3v) is 1.92. The molecule has 1 N–H and O–H groups in total. The van der Waals surface area contributed by atoms with E-state index in [1.165, 1.54) is 0 Å². The molecule has 3 heteroatoms. The van der Waals surface area contributed by atoms with Gasteiger partial charge in [0.25, 0.3) is 0 Å². The minimum Gasteiger partial charge on any atom is -0.364 e. The molecule has 1 unspecified atom stereocenters. The fraction of sp³-hybridized carbons (Fsp3) is 0.625. The van der Waals surface area contributed by atoms with Crippen molar-refractivity contribution < 1.29 is 4.79 Å². The number of ketones is 1. The van der Waals surface area contributed by atoms with Crippen molar-refractivity contribution in [2.45, 2.75) is 19.9 Å². The van der Waals surface area contributed by atoms with E-state index in [2.05, 4.69) is 5.32 Å². The van der Waals surface area contributed by atoms with Crippen LogP contribution in [0.2, 0.25) is 0 Å². The summed E-state index contributed by atoms with van der Waals surface area (Å²) >= 11 is 0. The zero-order valence-electron chi connectivity index (χ0n) is 7.43. The lowest BCUT2D eigenvalue weighted by atomic mass is 10.1. The first-order chi connectivity index (χ1) is 5.04. The Hall–Kier alpha value is -0.990. The second-order valence-corrected chi connectivity index (χ2v) is 3.10. The number of hydrogen-bond acceptors (Lipinski definition) is 3. The number of carbonyl (C=O) groups is 1. The monoisotopic (exact) mass is 154 g/mol. The Morgan fingerprint density at radius 3 is 2.18 bits per heavy atom. The van der Waals surface area contributed by atoms with Crippen LogP contribution in [0.25, 0.3) is 0 Å². The van der Waals surface area contributed by atoms with Crippen molar-refractivity contribution in [1.29, 1.82) is 0 Å². The quantitative estimate of drug-likeness (QED) is 0.591. The van der Waals surface area contributed by atoms with Crippen LogP contribution in [0.1, 0.15) is 13.8 Å². The van der Waals surface area contributed by atoms with Gasteiger partial charge in [-0.15, -0.1) is 0 Å². The van der Waals surface area contributed by atoms with Gasteiger partial charge in [0.05, 0.1) is 6.04 Å². The zero-order chi connectivity index (χ0) is 8.59. The van der Waals surface area contributed by atoms with Crippen molar-refractivity contribution in [3.63, 3.8) is 0 Å². The Labute approximate surface area is 67.1 Å². The number of nitrogens with zero attached hydrogens (tertiary/aromatic N) is 1. The molecule has 1 atom stereocenters. The number of hydrogen-bond donors (Lipinski definition) is 1. The summed E-state index contributed by atoms with van der Waals surface area (Å²) in [4.78, 5) is 13.2. The first-order valence-corrected chi connectivity index (χ1v) is 3.73. The summed E-state index contributed by atoms with van der Waals surface area (Å²) in [7, 11) is 3.86. The van der Waals surface area contributed by atoms with E-state index in [-0.39, 0.29) is 11.8 Å². The van der Waals surface area contributed by atoms with Gasteiger partial charge >= 0.3 is 0 Å². The van der Waals surface area contributed by atoms with Crippen molar-refractivity contribution >= 4 is 5.78 Å². The number of carbonyl (C=O) groups excluding carboxylic acids is 1. The summed E-state index contributed by atoms with van der Waals surface area (Å²) in [6.45, 7) is 3.73. The fourth-order valence-corrected chi connectivity index (χ4v) is 1.28. The lowest BCUT2D eigenvalue weighted by molar-refractivity contribution is -0.116. The molecule has 3 nitrogen and oxygen atoms in total. The van der Waals surface area contributed by atoms with E-state index in [0.717, 1.165) is 11.4 Å². The third kappa shape index (κ3) is 1.23. The minimum atomic E-state index is -0.0487. The molecule has 0 bridgehead atoms. The highest BCUT2D eigenvalue weighted by molar-refractivity contribution is 6.01. The smallest absolute Gasteiger partial charge is 0.184 e. The Morgan fingerprint density at radius 2 is 2.00 bits per heavy atom. The second kappa shape index (κ2) is 2.57. The van der Waals surface area contributed by atoms with Crippen LogP contribution in [-0.2, 0) is 4.79 Å². The standard InChI is InChI=1S/C8H14N2O/c1-5-7(11)6(2)9-8(5)10(3)4/h6,9H,1-4H3. The van der Waals surface area contributed by atoms with E-state index < -0.39 is 0 Å². The molecule has 0 aromatic carbocycles. The van der Waals surface area contributed by atoms with Gasteiger partial charge in [-0.3, -0.25) is 4.79 Å². The summed E-state index contributed by atoms with van der Waals surface area (Å²) in [6, 6.07) is -0.0487. The van der Waals surface area contributed by atoms with Crippen LogP contribution >= 0.6 is 0 Å². The number of rotatable bonds is 1. The molecule has 1 aliphatic rings. The average Bonchev–Trinajstić information content (AvgIpc) is 2.17. The highest BCUT2D eigenvalue weighted by atomic mass is 16.1. The van der Waals surface area contributed by atoms with Crippen LogP contribution in [0.3, 0.4) is 0 Å². The molecule has 1 rings (SSSR count). The van der Waals surface area contributed by atoms with Crippen molar-refractivity contribution in [3.8, 4) is 0 Å². The predicted octanol–water partition coefficient (Wildman–Crippen LogP) is 0.340. The Bertz CT molecular complexity index is 218. The van der Waals surface area contributed by atoms with Gasteiger partial charge in [-0.1, -0.05) is 0 Å². The van der Waals surface area contributed by atoms with Crippen LogP contribution in [0.15, 0.2) is 11.4 Å². The molecule has 0 spiro atoms. The molecule has 62 valence electrons. The molecule has 1 heterocycles. The Morgan fingerprint density at radius 1 is 1.45 bits per heavy atom. The lowest BCUT2D eigenvalue weighted by Gasteiger charge is -2.15. The van der Waals surface area contributed by atoms with Crippen LogP contribution in [-0.4, -0.2) is 30.8 Å². The molecule has 0 aromatic heterocycles. The Balaban J connectivity index is 2.89. The van der Waals surface area contributed by atoms with E-state index in [9.17, 15) is 4.79 Å². The van der Waals surface area contributed by atoms with Gasteiger partial charge in [0.2, 0.25) is 0 Å². The fourth-order valence-electron chi connectivity index (χ4n) is 1.28. The van der Waals surface area contributed by atoms with Crippen LogP contribution in [0.5, 0.6) is 0 Å². The Kier molecular flexibility index (Phi) is 1.89. The summed E-state index contributed by atoms with van der Waals surface area (Å²) in [6.07, 6.45) is 0. The highest BCUT2D eigenvalue weighted by Gasteiger charge is 2.26. The average molecular weight is 154 g/mol. The largest absolute Gasteiger partial charge is 0.364 e. The maximum atomic E-state index is 11.3. The molecule has 0 saturated carbocycles. The number of Topliss-reactive ketones (excluding diaryl/α,β-unsaturated/α-hetero) is 1. The van der Waals surface area contributed by atoms with Gasteiger partial charge in [0.1, 0.15) is 5.82 Å². The molecule has 0 fully saturated rings. The summed E-state index contributed by atoms with van der Waals surface area (Å²) in [5.41, 5.74) is 0.836. The first-order valence-electron chi connectivity index (χ1n) is 3.73. The summed E-state index contributed by atoms with van der Waals surface area (Å²) in [5.74, 6) is 1.15. The number of nitrogens with one attached hydrogen (secondary N) is 1. The predicted molar refractivity (Wildman–Crippen MR) is 44.0 cm³/mol. The van der Waals surface area contributed by atoms with Crippen LogP contribution in [0, 0.1) is 0 Å². The summed E-state index contributed by atoms with van der Waals surface area (Å²) in [5, 5.41) is 3.11. The first kappa shape index (κ1) is 8.11. The maximum absolute atomic E-state index is 11.3. The maximum Gasteiger partial charge on any atom is 0.184 e. The van der Waals surface area contributed by atoms with Gasteiger partial charge in [-0.25, -0.2) is 0 Å². The second-order valence-electron chi connectivity index (χ2n) is 3.10. The lowest BCUT2D eigenvalue weighted by Crippen LogP contribution is -2.29. The van der Waals surface area contributed by atoms with E-state index in [0.29, 0.717) is 0 Å². The van der Waals surface area contributed by atoms with E-state index in [1.807, 2.05) is 32.8 Å². The van der Waals surface area contributed by atoms with Crippen LogP contribution < -0.4 is 5.32 Å². The van der Waals surface area contributed by atoms with Crippen molar-refractivity contribution in [2.75, 3.05) is 14.1 Å². The topological polar surface area (TPSA) is 32.3 Å². The molecule has 0 aliphatic carbocycles. The van der Waals surface area contributed by atoms with E-state index in [4.69, 9.17) is 0 Å². The van der Waals surface area contributed by atoms with Crippen molar-refractivity contribution in [2.24, 2.45) is 0 Å². The van der Waals surface area contributed by atoms with Crippen LogP contribution in [0.4, 0.5) is 0 Å². The molecule has 0 aromatic rings. The van der Waals surface area contributed by atoms with E-state index in [1.54, 1.807) is 0 Å². The van der Waals surface area contributed by atoms with Gasteiger partial charge in [-0.2, -0.15) is 0 Å². The molecule has 0 radical (unpaired) electrons. The third-order valence-electron chi connectivity index (χ3n) is 1.92. The highest BCUT2D eigenvalue weighted by Crippen LogP contribution is 2.15. The van der Waals surface area contributed by atoms with Gasteiger partial charge in [0.15, 0.2) is 5.78 Å². The molecule has 0 saturated heterocycles. The van der Waals surface area contributed by atoms with Gasteiger partial charge in [-0.05, 0) is 13.8 Å². The SMILES string of the molecule is CC1=C(N(C)C)NC(C)C1=O. The van der Waals surface area contributed by atoms with Gasteiger partial charge in [0, 0.05) is 19.7 Å². The molecular weight excluding hydrogens is 140 g/mol. The van der Waals surface area contributed by atoms with Crippen molar-refractivity contribution in [3.05, 3.63) is 11.4 Å². The van der Waals surface area contributed by atoms with Gasteiger partial charge < -0.3 is 10.2 Å². The minimum absolute atomic E-state index is 0.0487. The molecule has 1 aliphatic heterocycles. The van der Waals surface area contributed by atoms with E-state index >= 15 is 0 Å². The molecular formula is C8H14N2O. The molecule has 11 heavy (non-hydrogen) atoms. The summed E-state index contributed by atoms with van der Waals surface area (Å²) < 4.78 is 0. The molecule has 0 amide bonds. The zero-order valence-corrected chi connectivity index (χ0v) is 7.43. The van der Waals surface area contributed by atoms with Crippen molar-refractivity contribution in [1.82, 2.24) is 10.2 Å².